The van der Waals surface area contributed by atoms with Gasteiger partial charge in [0.05, 0.1) is 26.3 Å². The summed E-state index contributed by atoms with van der Waals surface area (Å²) in [5.74, 6) is 1.89. The zero-order valence-electron chi connectivity index (χ0n) is 24.9. The molecule has 2 bridgehead atoms. The van der Waals surface area contributed by atoms with Crippen LogP contribution in [0.2, 0.25) is 0 Å². The summed E-state index contributed by atoms with van der Waals surface area (Å²) in [5, 5.41) is 5.10. The van der Waals surface area contributed by atoms with Crippen molar-refractivity contribution in [3.63, 3.8) is 0 Å². The second-order valence-corrected chi connectivity index (χ2v) is 11.1. The summed E-state index contributed by atoms with van der Waals surface area (Å²) in [5.41, 5.74) is 0.674. The Labute approximate surface area is 264 Å². The molecule has 2 fully saturated rings. The van der Waals surface area contributed by atoms with Crippen LogP contribution in [-0.2, 0) is 28.5 Å². The molecule has 2 amide bonds. The zero-order chi connectivity index (χ0) is 31.1. The summed E-state index contributed by atoms with van der Waals surface area (Å²) in [6, 6.07) is 0. The Kier molecular flexibility index (Phi) is 19.2. The number of fused-ring (bicyclic) bond motifs is 2. The van der Waals surface area contributed by atoms with Crippen molar-refractivity contribution in [1.29, 1.82) is 0 Å². The molecule has 3 rings (SSSR count). The molecule has 0 saturated heterocycles. The summed E-state index contributed by atoms with van der Waals surface area (Å²) in [4.78, 5) is 45.3. The molecular weight excluding hydrogens is 564 g/mol. The number of rotatable bonds is 14. The van der Waals surface area contributed by atoms with Crippen LogP contribution >= 0.6 is 0 Å². The highest BCUT2D eigenvalue weighted by atomic mass is 16.6. The number of ether oxygens (including phenoxy) is 4. The fourth-order valence-electron chi connectivity index (χ4n) is 5.27. The van der Waals surface area contributed by atoms with Crippen LogP contribution in [0.25, 0.3) is 0 Å². The highest BCUT2D eigenvalue weighted by Crippen LogP contribution is 2.43. The molecule has 0 spiro atoms. The van der Waals surface area contributed by atoms with Crippen molar-refractivity contribution < 1.29 is 38.1 Å². The van der Waals surface area contributed by atoms with Gasteiger partial charge in [0.1, 0.15) is 13.2 Å². The first kappa shape index (κ1) is 40.2. The molecule has 2 saturated carbocycles. The number of allylic oxidation sites excluding steroid dienone is 4. The van der Waals surface area contributed by atoms with E-state index < -0.39 is 24.1 Å². The van der Waals surface area contributed by atoms with Crippen molar-refractivity contribution in [3.05, 3.63) is 61.8 Å². The largest absolute Gasteiger partial charge is 0.460 e. The van der Waals surface area contributed by atoms with Crippen molar-refractivity contribution >= 4 is 24.1 Å². The van der Waals surface area contributed by atoms with Gasteiger partial charge in [0, 0.05) is 23.0 Å². The minimum absolute atomic E-state index is 0. The van der Waals surface area contributed by atoms with Gasteiger partial charge in [-0.2, -0.15) is 0 Å². The standard InChI is InChI=1S/C17H25NO4.C15H21NO4.2CH4/c1-5-13-9-14(6-2)15(10-13)11-22-17(20)18-7-8-21-16(19)12(3)4;1-10(2)14(17)19-6-5-16-15(18)20-9-13-8-11-3-4-12(13)7-11;;/h5-6,13-15H,1-3,7-11H2,4H3,(H,18,20);3-4,11-13H,1,5-9H2,2H3,(H,16,18);2*1H4. The van der Waals surface area contributed by atoms with Crippen LogP contribution in [-0.4, -0.2) is 63.6 Å². The fourth-order valence-corrected chi connectivity index (χ4v) is 5.27. The first-order chi connectivity index (χ1) is 20.0. The Bertz CT molecular complexity index is 1040. The van der Waals surface area contributed by atoms with Gasteiger partial charge >= 0.3 is 24.1 Å². The van der Waals surface area contributed by atoms with Crippen molar-refractivity contribution in [2.75, 3.05) is 39.5 Å². The van der Waals surface area contributed by atoms with Gasteiger partial charge in [-0.25, -0.2) is 19.2 Å². The molecule has 3 aliphatic carbocycles. The number of alkyl carbamates (subject to hydrolysis) is 2. The quantitative estimate of drug-likeness (QED) is 0.0778. The van der Waals surface area contributed by atoms with Crippen molar-refractivity contribution in [2.24, 2.45) is 35.5 Å². The van der Waals surface area contributed by atoms with E-state index in [2.05, 4.69) is 49.1 Å². The van der Waals surface area contributed by atoms with Crippen molar-refractivity contribution in [2.45, 2.75) is 54.4 Å². The summed E-state index contributed by atoms with van der Waals surface area (Å²) in [6.45, 7) is 19.2. The third-order valence-electron chi connectivity index (χ3n) is 7.60. The van der Waals surface area contributed by atoms with E-state index in [1.165, 1.54) is 6.42 Å². The number of nitrogens with one attached hydrogen (secondary N) is 2. The molecule has 0 radical (unpaired) electrons. The molecule has 0 aliphatic heterocycles. The number of esters is 2. The molecule has 10 heteroatoms. The van der Waals surface area contributed by atoms with Crippen LogP contribution in [0.5, 0.6) is 0 Å². The number of amides is 2. The predicted octanol–water partition coefficient (Wildman–Crippen LogP) is 6.16. The smallest absolute Gasteiger partial charge is 0.407 e. The second kappa shape index (κ2) is 21.0. The Morgan fingerprint density at radius 1 is 0.727 bits per heavy atom. The molecule has 0 aromatic heterocycles. The maximum absolute atomic E-state index is 11.6. The van der Waals surface area contributed by atoms with E-state index in [1.807, 2.05) is 12.2 Å². The van der Waals surface area contributed by atoms with Gasteiger partial charge in [0.15, 0.2) is 0 Å². The lowest BCUT2D eigenvalue weighted by molar-refractivity contribution is -0.139. The van der Waals surface area contributed by atoms with Crippen LogP contribution in [0.4, 0.5) is 9.59 Å². The second-order valence-electron chi connectivity index (χ2n) is 11.1. The van der Waals surface area contributed by atoms with Crippen molar-refractivity contribution in [1.82, 2.24) is 10.6 Å². The maximum atomic E-state index is 11.6. The first-order valence-electron chi connectivity index (χ1n) is 14.4. The van der Waals surface area contributed by atoms with Gasteiger partial charge in [-0.3, -0.25) is 0 Å². The Morgan fingerprint density at radius 2 is 1.25 bits per heavy atom. The van der Waals surface area contributed by atoms with Gasteiger partial charge in [0.25, 0.3) is 0 Å². The number of hydrogen-bond donors (Lipinski definition) is 2. The van der Waals surface area contributed by atoms with E-state index in [4.69, 9.17) is 18.9 Å². The van der Waals surface area contributed by atoms with Gasteiger partial charge in [-0.1, -0.05) is 52.3 Å². The van der Waals surface area contributed by atoms with Gasteiger partial charge in [0.2, 0.25) is 0 Å². The third-order valence-corrected chi connectivity index (χ3v) is 7.60. The summed E-state index contributed by atoms with van der Waals surface area (Å²) in [7, 11) is 0. The Morgan fingerprint density at radius 3 is 1.66 bits per heavy atom. The lowest BCUT2D eigenvalue weighted by Gasteiger charge is -2.17. The van der Waals surface area contributed by atoms with Gasteiger partial charge in [-0.05, 0) is 63.2 Å². The molecule has 3 aliphatic rings. The zero-order valence-corrected chi connectivity index (χ0v) is 24.9. The van der Waals surface area contributed by atoms with Gasteiger partial charge < -0.3 is 29.6 Å². The molecule has 248 valence electrons. The van der Waals surface area contributed by atoms with Gasteiger partial charge in [-0.15, -0.1) is 13.2 Å². The Balaban J connectivity index is 0.000000806. The highest BCUT2D eigenvalue weighted by molar-refractivity contribution is 5.87. The molecule has 44 heavy (non-hydrogen) atoms. The van der Waals surface area contributed by atoms with Crippen molar-refractivity contribution in [3.8, 4) is 0 Å². The number of hydrogen-bond acceptors (Lipinski definition) is 8. The van der Waals surface area contributed by atoms with Crippen LogP contribution in [0, 0.1) is 35.5 Å². The van der Waals surface area contributed by atoms with E-state index in [9.17, 15) is 19.2 Å². The molecule has 2 N–H and O–H groups in total. The van der Waals surface area contributed by atoms with E-state index in [0.29, 0.717) is 53.9 Å². The Hall–Kier alpha value is -3.82. The molecule has 0 aromatic carbocycles. The van der Waals surface area contributed by atoms with E-state index in [-0.39, 0.29) is 47.1 Å². The molecule has 0 aromatic rings. The molecule has 0 heterocycles. The molecule has 6 unspecified atom stereocenters. The molecule has 6 atom stereocenters. The third kappa shape index (κ3) is 14.1. The van der Waals surface area contributed by atoms with Crippen LogP contribution in [0.15, 0.2) is 61.8 Å². The topological polar surface area (TPSA) is 129 Å². The minimum Gasteiger partial charge on any atom is -0.460 e. The predicted molar refractivity (Wildman–Crippen MR) is 173 cm³/mol. The van der Waals surface area contributed by atoms with Crippen LogP contribution < -0.4 is 10.6 Å². The number of carbonyl (C=O) groups excluding carboxylic acids is 4. The van der Waals surface area contributed by atoms with E-state index in [0.717, 1.165) is 19.3 Å². The maximum Gasteiger partial charge on any atom is 0.407 e. The lowest BCUT2D eigenvalue weighted by atomic mass is 9.95. The SMILES string of the molecule is C.C.C=C(C)C(=O)OCCNC(=O)OCC1CC2C=CC1C2.C=CC1CC(C=C)C(COC(=O)NCCOC(=O)C(=C)C)C1. The fraction of sp³-hybridized carbons (Fsp3) is 0.588. The summed E-state index contributed by atoms with van der Waals surface area (Å²) < 4.78 is 20.1. The monoisotopic (exact) mass is 618 g/mol. The van der Waals surface area contributed by atoms with E-state index >= 15 is 0 Å². The average molecular weight is 619 g/mol. The summed E-state index contributed by atoms with van der Waals surface area (Å²) >= 11 is 0. The lowest BCUT2D eigenvalue weighted by Crippen LogP contribution is -2.30. The van der Waals surface area contributed by atoms with E-state index in [1.54, 1.807) is 13.8 Å². The van der Waals surface area contributed by atoms with Crippen LogP contribution in [0.3, 0.4) is 0 Å². The molecule has 10 nitrogen and oxygen atoms in total. The average Bonchev–Trinajstić information content (AvgIpc) is 3.71. The first-order valence-corrected chi connectivity index (χ1v) is 14.4. The van der Waals surface area contributed by atoms with Crippen LogP contribution in [0.1, 0.15) is 54.4 Å². The highest BCUT2D eigenvalue weighted by Gasteiger charge is 2.36. The molecular formula is C34H54N2O8. The minimum atomic E-state index is -0.503. The normalized spacial score (nSPS) is 23.7. The summed E-state index contributed by atoms with van der Waals surface area (Å²) in [6.07, 6.45) is 11.7. The number of carbonyl (C=O) groups is 4.